The van der Waals surface area contributed by atoms with Gasteiger partial charge in [0.25, 0.3) is 0 Å². The van der Waals surface area contributed by atoms with Gasteiger partial charge in [-0.2, -0.15) is 0 Å². The number of primary amides is 1. The third-order valence-corrected chi connectivity index (χ3v) is 0.750. The van der Waals surface area contributed by atoms with E-state index in [9.17, 15) is 4.79 Å². The molecule has 2 nitrogen and oxygen atoms in total. The molecule has 0 radical (unpaired) electrons. The average Bonchev–Trinajstić information content (AvgIpc) is 1.82. The molecule has 1 amide bonds. The molecule has 0 heterocycles. The zero-order chi connectivity index (χ0) is 7.28. The number of allylic oxidation sites excluding steroid dienone is 2. The highest BCUT2D eigenvalue weighted by molar-refractivity contribution is 5.94. The molecule has 0 aromatic heterocycles. The van der Waals surface area contributed by atoms with Crippen LogP contribution in [0.1, 0.15) is 0 Å². The minimum Gasteiger partial charge on any atom is -0.366 e. The molecule has 2 heteroatoms. The van der Waals surface area contributed by atoms with Crippen molar-refractivity contribution in [2.75, 3.05) is 0 Å². The molecule has 0 unspecified atom stereocenters. The summed E-state index contributed by atoms with van der Waals surface area (Å²) in [5.74, 6) is -0.506. The van der Waals surface area contributed by atoms with Gasteiger partial charge >= 0.3 is 0 Å². The topological polar surface area (TPSA) is 43.1 Å². The molecule has 0 aromatic rings. The molecule has 0 fully saturated rings. The van der Waals surface area contributed by atoms with E-state index >= 15 is 0 Å². The van der Waals surface area contributed by atoms with Crippen molar-refractivity contribution >= 4 is 5.91 Å². The molecule has 48 valence electrons. The van der Waals surface area contributed by atoms with Crippen LogP contribution in [-0.4, -0.2) is 5.91 Å². The largest absolute Gasteiger partial charge is 0.366 e. The average molecular weight is 123 g/mol. The standard InChI is InChI=1S/C7H9NO/c1-3-4-5-6(2)7(8)9/h3-5H,1-2H2,(H2,8,9)/b5-4+. The van der Waals surface area contributed by atoms with Crippen LogP contribution in [0.25, 0.3) is 0 Å². The van der Waals surface area contributed by atoms with Gasteiger partial charge in [0, 0.05) is 5.57 Å². The number of carbonyl (C=O) groups is 1. The molecule has 0 aliphatic heterocycles. The Bertz CT molecular complexity index is 168. The number of hydrogen-bond donors (Lipinski definition) is 1. The van der Waals surface area contributed by atoms with Crippen LogP contribution >= 0.6 is 0 Å². The molecule has 0 saturated carbocycles. The highest BCUT2D eigenvalue weighted by Gasteiger charge is 1.91. The number of carbonyl (C=O) groups excluding carboxylic acids is 1. The van der Waals surface area contributed by atoms with Gasteiger partial charge in [-0.05, 0) is 0 Å². The summed E-state index contributed by atoms with van der Waals surface area (Å²) < 4.78 is 0. The summed E-state index contributed by atoms with van der Waals surface area (Å²) in [4.78, 5) is 10.2. The first-order chi connectivity index (χ1) is 4.18. The zero-order valence-corrected chi connectivity index (χ0v) is 5.13. The molecule has 0 rings (SSSR count). The van der Waals surface area contributed by atoms with E-state index in [1.807, 2.05) is 0 Å². The quantitative estimate of drug-likeness (QED) is 0.437. The predicted molar refractivity (Wildman–Crippen MR) is 37.7 cm³/mol. The minimum absolute atomic E-state index is 0.287. The Balaban J connectivity index is 3.92. The van der Waals surface area contributed by atoms with E-state index in [1.165, 1.54) is 6.08 Å². The van der Waals surface area contributed by atoms with Crippen molar-refractivity contribution < 1.29 is 4.79 Å². The van der Waals surface area contributed by atoms with E-state index in [-0.39, 0.29) is 5.57 Å². The first-order valence-electron chi connectivity index (χ1n) is 2.46. The molecule has 0 aliphatic carbocycles. The maximum atomic E-state index is 10.2. The molecule has 0 bridgehead atoms. The fraction of sp³-hybridized carbons (Fsp3) is 0. The van der Waals surface area contributed by atoms with Gasteiger partial charge in [0.05, 0.1) is 0 Å². The molecule has 2 N–H and O–H groups in total. The summed E-state index contributed by atoms with van der Waals surface area (Å²) in [5, 5.41) is 0. The minimum atomic E-state index is -0.506. The van der Waals surface area contributed by atoms with E-state index in [2.05, 4.69) is 13.2 Å². The zero-order valence-electron chi connectivity index (χ0n) is 5.13. The molecule has 9 heavy (non-hydrogen) atoms. The lowest BCUT2D eigenvalue weighted by atomic mass is 10.3. The lowest BCUT2D eigenvalue weighted by Gasteiger charge is -1.86. The summed E-state index contributed by atoms with van der Waals surface area (Å²) in [6.45, 7) is 6.79. The Morgan fingerprint density at radius 2 is 2.11 bits per heavy atom. The third-order valence-electron chi connectivity index (χ3n) is 0.750. The predicted octanol–water partition coefficient (Wildman–Crippen LogP) is 0.770. The second kappa shape index (κ2) is 3.66. The third kappa shape index (κ3) is 3.29. The van der Waals surface area contributed by atoms with Crippen LogP contribution in [0.2, 0.25) is 0 Å². The Morgan fingerprint density at radius 3 is 2.44 bits per heavy atom. The molecule has 0 atom stereocenters. The van der Waals surface area contributed by atoms with Gasteiger partial charge in [-0.1, -0.05) is 31.4 Å². The van der Waals surface area contributed by atoms with Crippen molar-refractivity contribution in [2.24, 2.45) is 5.73 Å². The van der Waals surface area contributed by atoms with Crippen LogP contribution in [0.5, 0.6) is 0 Å². The maximum Gasteiger partial charge on any atom is 0.248 e. The van der Waals surface area contributed by atoms with Crippen molar-refractivity contribution in [3.8, 4) is 0 Å². The van der Waals surface area contributed by atoms with E-state index in [1.54, 1.807) is 12.2 Å². The van der Waals surface area contributed by atoms with Crippen LogP contribution in [-0.2, 0) is 4.79 Å². The fourth-order valence-corrected chi connectivity index (χ4v) is 0.266. The monoisotopic (exact) mass is 123 g/mol. The lowest BCUT2D eigenvalue weighted by molar-refractivity contribution is -0.114. The normalized spacial score (nSPS) is 9.33. The SMILES string of the molecule is C=C/C=C/C(=C)C(N)=O. The second-order valence-corrected chi connectivity index (χ2v) is 1.48. The number of nitrogens with two attached hydrogens (primary N) is 1. The first kappa shape index (κ1) is 7.69. The Hall–Kier alpha value is -1.31. The Morgan fingerprint density at radius 1 is 1.56 bits per heavy atom. The summed E-state index contributed by atoms with van der Waals surface area (Å²) in [7, 11) is 0. The van der Waals surface area contributed by atoms with E-state index in [0.29, 0.717) is 0 Å². The highest BCUT2D eigenvalue weighted by Crippen LogP contribution is 1.89. The van der Waals surface area contributed by atoms with Gasteiger partial charge in [0.1, 0.15) is 0 Å². The van der Waals surface area contributed by atoms with E-state index in [4.69, 9.17) is 5.73 Å². The molecule has 0 aliphatic rings. The molecular weight excluding hydrogens is 114 g/mol. The van der Waals surface area contributed by atoms with Gasteiger partial charge in [-0.25, -0.2) is 0 Å². The van der Waals surface area contributed by atoms with Crippen LogP contribution in [0.15, 0.2) is 37.0 Å². The van der Waals surface area contributed by atoms with Crippen molar-refractivity contribution in [3.63, 3.8) is 0 Å². The summed E-state index contributed by atoms with van der Waals surface area (Å²) in [5.41, 5.74) is 5.14. The molecular formula is C7H9NO. The van der Waals surface area contributed by atoms with Gasteiger partial charge in [-0.3, -0.25) is 4.79 Å². The highest BCUT2D eigenvalue weighted by atomic mass is 16.1. The van der Waals surface area contributed by atoms with Gasteiger partial charge < -0.3 is 5.73 Å². The summed E-state index contributed by atoms with van der Waals surface area (Å²) in [6.07, 6.45) is 4.66. The molecule has 0 aromatic carbocycles. The number of amides is 1. The second-order valence-electron chi connectivity index (χ2n) is 1.48. The number of rotatable bonds is 3. The van der Waals surface area contributed by atoms with E-state index in [0.717, 1.165) is 0 Å². The Labute approximate surface area is 54.4 Å². The summed E-state index contributed by atoms with van der Waals surface area (Å²) in [6, 6.07) is 0. The fourth-order valence-electron chi connectivity index (χ4n) is 0.266. The lowest BCUT2D eigenvalue weighted by Crippen LogP contribution is -2.11. The number of hydrogen-bond acceptors (Lipinski definition) is 1. The summed E-state index contributed by atoms with van der Waals surface area (Å²) >= 11 is 0. The van der Waals surface area contributed by atoms with Crippen LogP contribution in [0.3, 0.4) is 0 Å². The van der Waals surface area contributed by atoms with Gasteiger partial charge in [-0.15, -0.1) is 0 Å². The van der Waals surface area contributed by atoms with Crippen molar-refractivity contribution in [1.29, 1.82) is 0 Å². The Kier molecular flexibility index (Phi) is 3.13. The van der Waals surface area contributed by atoms with Crippen LogP contribution in [0.4, 0.5) is 0 Å². The molecule has 0 saturated heterocycles. The molecule has 0 spiro atoms. The smallest absolute Gasteiger partial charge is 0.248 e. The van der Waals surface area contributed by atoms with Crippen molar-refractivity contribution in [3.05, 3.63) is 37.0 Å². The van der Waals surface area contributed by atoms with Crippen LogP contribution in [0, 0.1) is 0 Å². The first-order valence-corrected chi connectivity index (χ1v) is 2.46. The van der Waals surface area contributed by atoms with Gasteiger partial charge in [0.15, 0.2) is 0 Å². The van der Waals surface area contributed by atoms with Crippen molar-refractivity contribution in [1.82, 2.24) is 0 Å². The maximum absolute atomic E-state index is 10.2. The van der Waals surface area contributed by atoms with Gasteiger partial charge in [0.2, 0.25) is 5.91 Å². The van der Waals surface area contributed by atoms with Crippen LogP contribution < -0.4 is 5.73 Å². The van der Waals surface area contributed by atoms with E-state index < -0.39 is 5.91 Å². The van der Waals surface area contributed by atoms with Crippen molar-refractivity contribution in [2.45, 2.75) is 0 Å².